The summed E-state index contributed by atoms with van der Waals surface area (Å²) in [5.74, 6) is 0. The van der Waals surface area contributed by atoms with Crippen molar-refractivity contribution in [3.05, 3.63) is 45.0 Å². The van der Waals surface area contributed by atoms with E-state index in [0.29, 0.717) is 10.6 Å². The molecule has 1 aromatic rings. The summed E-state index contributed by atoms with van der Waals surface area (Å²) >= 11 is 18.0. The van der Waals surface area contributed by atoms with Gasteiger partial charge in [-0.05, 0) is 11.6 Å². The first kappa shape index (κ1) is 16.8. The number of halogens is 3. The van der Waals surface area contributed by atoms with Crippen LogP contribution in [0.25, 0.3) is 0 Å². The van der Waals surface area contributed by atoms with Gasteiger partial charge in [0.2, 0.25) is 6.04 Å². The highest BCUT2D eigenvalue weighted by molar-refractivity contribution is 6.34. The van der Waals surface area contributed by atoms with Crippen molar-refractivity contribution in [3.8, 4) is 0 Å². The van der Waals surface area contributed by atoms with Crippen molar-refractivity contribution in [2.45, 2.75) is 16.8 Å². The molecule has 0 aliphatic carbocycles. The van der Waals surface area contributed by atoms with Crippen molar-refractivity contribution in [2.75, 3.05) is 6.54 Å². The number of hydrogen-bond acceptors (Lipinski definition) is 4. The summed E-state index contributed by atoms with van der Waals surface area (Å²) < 4.78 is 0. The van der Waals surface area contributed by atoms with Gasteiger partial charge in [0.15, 0.2) is 0 Å². The fourth-order valence-electron chi connectivity index (χ4n) is 1.56. The summed E-state index contributed by atoms with van der Waals surface area (Å²) in [4.78, 5) is 20.6. The van der Waals surface area contributed by atoms with Crippen LogP contribution in [0, 0.1) is 10.1 Å². The number of nitrogens with one attached hydrogen (secondary N) is 1. The van der Waals surface area contributed by atoms with E-state index in [9.17, 15) is 20.0 Å². The first-order valence-electron chi connectivity index (χ1n) is 5.45. The highest BCUT2D eigenvalue weighted by Crippen LogP contribution is 2.34. The SMILES string of the molecule is O=C([O-])NCC(C(Cl)C(Cl)c1ccccc1Cl)[N+](=O)[O-]. The monoisotopic (exact) mass is 339 g/mol. The van der Waals surface area contributed by atoms with Gasteiger partial charge in [0.05, 0.1) is 11.9 Å². The average Bonchev–Trinajstić information content (AvgIpc) is 2.37. The van der Waals surface area contributed by atoms with Crippen LogP contribution in [0.15, 0.2) is 24.3 Å². The molecule has 0 aromatic heterocycles. The second-order valence-corrected chi connectivity index (χ2v) is 5.27. The molecule has 3 atom stereocenters. The number of nitro groups is 1. The number of rotatable bonds is 6. The molecule has 0 heterocycles. The van der Waals surface area contributed by atoms with E-state index < -0.39 is 34.4 Å². The molecular formula is C11H10Cl3N2O4-. The average molecular weight is 341 g/mol. The number of alkyl halides is 2. The second-order valence-electron chi connectivity index (χ2n) is 3.89. The lowest BCUT2D eigenvalue weighted by Gasteiger charge is -2.21. The summed E-state index contributed by atoms with van der Waals surface area (Å²) in [6.45, 7) is -0.503. The third kappa shape index (κ3) is 4.40. The van der Waals surface area contributed by atoms with Crippen LogP contribution in [0.4, 0.5) is 4.79 Å². The van der Waals surface area contributed by atoms with Gasteiger partial charge in [0, 0.05) is 9.95 Å². The Morgan fingerprint density at radius 3 is 2.45 bits per heavy atom. The topological polar surface area (TPSA) is 95.3 Å². The van der Waals surface area contributed by atoms with Gasteiger partial charge >= 0.3 is 0 Å². The molecule has 0 aliphatic rings. The molecule has 6 nitrogen and oxygen atoms in total. The molecule has 0 aliphatic heterocycles. The van der Waals surface area contributed by atoms with E-state index in [0.717, 1.165) is 0 Å². The Hall–Kier alpha value is -1.24. The Labute approximate surface area is 129 Å². The second kappa shape index (κ2) is 7.52. The van der Waals surface area contributed by atoms with Crippen LogP contribution < -0.4 is 10.4 Å². The maximum Gasteiger partial charge on any atom is 0.247 e. The van der Waals surface area contributed by atoms with E-state index in [4.69, 9.17) is 34.8 Å². The van der Waals surface area contributed by atoms with Gasteiger partial charge in [-0.3, -0.25) is 10.1 Å². The summed E-state index contributed by atoms with van der Waals surface area (Å²) in [7, 11) is 0. The van der Waals surface area contributed by atoms with Gasteiger partial charge in [-0.15, -0.1) is 23.2 Å². The van der Waals surface area contributed by atoms with Crippen LogP contribution in [0.1, 0.15) is 10.9 Å². The third-order valence-electron chi connectivity index (χ3n) is 2.58. The molecule has 0 saturated heterocycles. The Bertz CT molecular complexity index is 500. The highest BCUT2D eigenvalue weighted by atomic mass is 35.5. The van der Waals surface area contributed by atoms with E-state index in [1.165, 1.54) is 0 Å². The van der Waals surface area contributed by atoms with E-state index in [-0.39, 0.29) is 0 Å². The molecule has 0 spiro atoms. The first-order valence-corrected chi connectivity index (χ1v) is 6.70. The first-order chi connectivity index (χ1) is 9.34. The molecule has 0 radical (unpaired) electrons. The van der Waals surface area contributed by atoms with Gasteiger partial charge in [-0.1, -0.05) is 29.8 Å². The van der Waals surface area contributed by atoms with Crippen LogP contribution in [0.3, 0.4) is 0 Å². The molecule has 1 N–H and O–H groups in total. The largest absolute Gasteiger partial charge is 0.530 e. The lowest BCUT2D eigenvalue weighted by atomic mass is 10.0. The summed E-state index contributed by atoms with van der Waals surface area (Å²) in [6.07, 6.45) is -1.62. The number of carboxylic acid groups (broad SMARTS) is 1. The van der Waals surface area contributed by atoms with Crippen LogP contribution >= 0.6 is 34.8 Å². The number of carbonyl (C=O) groups excluding carboxylic acids is 1. The molecule has 3 unspecified atom stereocenters. The number of hydrogen-bond donors (Lipinski definition) is 1. The molecule has 1 aromatic carbocycles. The maximum atomic E-state index is 11.0. The molecule has 1 rings (SSSR count). The van der Waals surface area contributed by atoms with Gasteiger partial charge in [0.25, 0.3) is 0 Å². The minimum atomic E-state index is -1.62. The standard InChI is InChI=1S/C11H11Cl3N2O4/c12-7-4-2-1-3-6(7)9(13)10(14)8(16(19)20)5-15-11(17)18/h1-4,8-10,15H,5H2,(H,17,18)/p-1. The van der Waals surface area contributed by atoms with E-state index in [2.05, 4.69) is 0 Å². The maximum absolute atomic E-state index is 11.0. The number of benzene rings is 1. The Morgan fingerprint density at radius 2 is 1.95 bits per heavy atom. The lowest BCUT2D eigenvalue weighted by molar-refractivity contribution is -0.520. The van der Waals surface area contributed by atoms with Crippen molar-refractivity contribution >= 4 is 40.9 Å². The van der Waals surface area contributed by atoms with Crippen molar-refractivity contribution < 1.29 is 14.8 Å². The summed E-state index contributed by atoms with van der Waals surface area (Å²) in [5, 5.41) is 21.3. The smallest absolute Gasteiger partial charge is 0.247 e. The van der Waals surface area contributed by atoms with Gasteiger partial charge in [-0.25, -0.2) is 0 Å². The zero-order chi connectivity index (χ0) is 15.3. The van der Waals surface area contributed by atoms with E-state index >= 15 is 0 Å². The number of carbonyl (C=O) groups is 1. The Balaban J connectivity index is 2.88. The molecule has 20 heavy (non-hydrogen) atoms. The molecular weight excluding hydrogens is 330 g/mol. The van der Waals surface area contributed by atoms with Crippen molar-refractivity contribution in [2.24, 2.45) is 0 Å². The minimum absolute atomic E-state index is 0.327. The zero-order valence-corrected chi connectivity index (χ0v) is 12.2. The predicted molar refractivity (Wildman–Crippen MR) is 73.9 cm³/mol. The summed E-state index contributed by atoms with van der Waals surface area (Å²) in [5.41, 5.74) is 0.441. The fraction of sp³-hybridized carbons (Fsp3) is 0.364. The van der Waals surface area contributed by atoms with Crippen molar-refractivity contribution in [1.29, 1.82) is 0 Å². The van der Waals surface area contributed by atoms with Gasteiger partial charge in [0.1, 0.15) is 11.5 Å². The van der Waals surface area contributed by atoms with Crippen LogP contribution in [0.5, 0.6) is 0 Å². The molecule has 1 amide bonds. The third-order valence-corrected chi connectivity index (χ3v) is 4.10. The van der Waals surface area contributed by atoms with Crippen LogP contribution in [-0.2, 0) is 0 Å². The number of nitrogens with zero attached hydrogens (tertiary/aromatic N) is 1. The quantitative estimate of drug-likeness (QED) is 0.485. The summed E-state index contributed by atoms with van der Waals surface area (Å²) in [6, 6.07) is 5.12. The number of amides is 1. The Kier molecular flexibility index (Phi) is 6.32. The molecule has 0 saturated carbocycles. The molecule has 0 bridgehead atoms. The molecule has 110 valence electrons. The normalized spacial score (nSPS) is 15.2. The minimum Gasteiger partial charge on any atom is -0.530 e. The van der Waals surface area contributed by atoms with Crippen molar-refractivity contribution in [3.63, 3.8) is 0 Å². The van der Waals surface area contributed by atoms with Crippen molar-refractivity contribution in [1.82, 2.24) is 5.32 Å². The van der Waals surface area contributed by atoms with E-state index in [1.54, 1.807) is 24.3 Å². The molecule has 9 heteroatoms. The van der Waals surface area contributed by atoms with E-state index in [1.807, 2.05) is 5.32 Å². The predicted octanol–water partition coefficient (Wildman–Crippen LogP) is 1.81. The van der Waals surface area contributed by atoms with Crippen LogP contribution in [-0.4, -0.2) is 29.0 Å². The molecule has 0 fully saturated rings. The zero-order valence-electron chi connectivity index (χ0n) is 9.96. The van der Waals surface area contributed by atoms with Gasteiger partial charge < -0.3 is 15.2 Å². The van der Waals surface area contributed by atoms with Crippen LogP contribution in [0.2, 0.25) is 5.02 Å². The highest BCUT2D eigenvalue weighted by Gasteiger charge is 2.36. The lowest BCUT2D eigenvalue weighted by Crippen LogP contribution is -2.47. The van der Waals surface area contributed by atoms with Gasteiger partial charge in [-0.2, -0.15) is 0 Å². The Morgan fingerprint density at radius 1 is 1.35 bits per heavy atom. The fourth-order valence-corrected chi connectivity index (χ4v) is 2.54.